The second-order valence-electron chi connectivity index (χ2n) is 2.23. The Morgan fingerprint density at radius 2 is 2.50 bits per heavy atom. The average molecular weight is 303 g/mol. The molecule has 0 aliphatic rings. The monoisotopic (exact) mass is 303 g/mol. The van der Waals surface area contributed by atoms with Crippen LogP contribution in [0.1, 0.15) is 6.92 Å². The lowest BCUT2D eigenvalue weighted by Gasteiger charge is -2.01. The van der Waals surface area contributed by atoms with Crippen LogP contribution in [-0.4, -0.2) is 21.1 Å². The molecule has 1 heterocycles. The van der Waals surface area contributed by atoms with Gasteiger partial charge in [-0.25, -0.2) is 4.98 Å². The number of ether oxygens (including phenoxy) is 1. The quantitative estimate of drug-likeness (QED) is 0.669. The highest BCUT2D eigenvalue weighted by Gasteiger charge is 2.01. The van der Waals surface area contributed by atoms with Crippen molar-refractivity contribution in [2.24, 2.45) is 0 Å². The number of hydrogen-bond donors (Lipinski definition) is 1. The molecule has 4 nitrogen and oxygen atoms in total. The molecular weight excluding hydrogens is 293 g/mol. The van der Waals surface area contributed by atoms with Gasteiger partial charge in [-0.15, -0.1) is 5.92 Å². The second-order valence-corrected chi connectivity index (χ2v) is 4.16. The SMILES string of the molecule is C=Ic1cnc(OCC#CC)nc1N. The van der Waals surface area contributed by atoms with E-state index in [2.05, 4.69) is 26.3 Å². The van der Waals surface area contributed by atoms with Crippen LogP contribution in [0.25, 0.3) is 0 Å². The van der Waals surface area contributed by atoms with Crippen molar-refractivity contribution in [2.75, 3.05) is 12.3 Å². The predicted molar refractivity (Wildman–Crippen MR) is 65.2 cm³/mol. The van der Waals surface area contributed by atoms with Crippen LogP contribution < -0.4 is 10.5 Å². The number of nitrogens with zero attached hydrogens (tertiary/aromatic N) is 2. The zero-order valence-electron chi connectivity index (χ0n) is 7.75. The molecule has 0 aromatic carbocycles. The molecule has 0 saturated heterocycles. The Morgan fingerprint density at radius 3 is 3.07 bits per heavy atom. The van der Waals surface area contributed by atoms with Crippen LogP contribution in [0.4, 0.5) is 5.82 Å². The molecule has 0 spiro atoms. The molecule has 0 fully saturated rings. The van der Waals surface area contributed by atoms with Crippen LogP contribution in [0.2, 0.25) is 0 Å². The number of halogens is 1. The fraction of sp³-hybridized carbons (Fsp3) is 0.222. The van der Waals surface area contributed by atoms with Gasteiger partial charge in [0, 0.05) is 6.20 Å². The molecule has 5 heteroatoms. The summed E-state index contributed by atoms with van der Waals surface area (Å²) < 4.78 is 9.88. The van der Waals surface area contributed by atoms with Gasteiger partial charge < -0.3 is 10.5 Å². The molecule has 0 bridgehead atoms. The molecule has 0 amide bonds. The van der Waals surface area contributed by atoms with Crippen molar-refractivity contribution in [2.45, 2.75) is 6.92 Å². The standard InChI is InChI=1S/C9H10IN3O/c1-3-4-5-14-9-12-6-7(10-2)8(11)13-9/h6H,2,5H2,1H3,(H2,11,12,13). The molecule has 0 unspecified atom stereocenters. The first-order valence-corrected chi connectivity index (χ1v) is 6.41. The summed E-state index contributed by atoms with van der Waals surface area (Å²) >= 11 is -0.325. The van der Waals surface area contributed by atoms with Crippen LogP contribution in [0.15, 0.2) is 6.20 Å². The van der Waals surface area contributed by atoms with E-state index >= 15 is 0 Å². The van der Waals surface area contributed by atoms with Gasteiger partial charge in [0.25, 0.3) is 0 Å². The Hall–Kier alpha value is -1.16. The molecule has 14 heavy (non-hydrogen) atoms. The molecular formula is C9H10IN3O. The van der Waals surface area contributed by atoms with Crippen molar-refractivity contribution in [3.8, 4) is 17.9 Å². The van der Waals surface area contributed by atoms with Gasteiger partial charge in [0.1, 0.15) is 5.82 Å². The highest BCUT2D eigenvalue weighted by molar-refractivity contribution is 14.2. The summed E-state index contributed by atoms with van der Waals surface area (Å²) in [7, 11) is 0. The van der Waals surface area contributed by atoms with E-state index in [1.54, 1.807) is 13.1 Å². The molecule has 0 saturated carbocycles. The fourth-order valence-corrected chi connectivity index (χ4v) is 1.56. The van der Waals surface area contributed by atoms with Crippen molar-refractivity contribution in [3.05, 3.63) is 9.77 Å². The summed E-state index contributed by atoms with van der Waals surface area (Å²) in [5.74, 6) is 5.92. The van der Waals surface area contributed by atoms with Crippen molar-refractivity contribution in [1.82, 2.24) is 9.97 Å². The van der Waals surface area contributed by atoms with Gasteiger partial charge in [-0.3, -0.25) is 0 Å². The average Bonchev–Trinajstić information content (AvgIpc) is 2.18. The maximum atomic E-state index is 5.66. The third kappa shape index (κ3) is 2.96. The molecule has 74 valence electrons. The van der Waals surface area contributed by atoms with Crippen LogP contribution in [0.5, 0.6) is 6.01 Å². The minimum atomic E-state index is -0.325. The molecule has 0 aliphatic carbocycles. The maximum Gasteiger partial charge on any atom is 0.319 e. The summed E-state index contributed by atoms with van der Waals surface area (Å²) in [6.07, 6.45) is 1.66. The van der Waals surface area contributed by atoms with Gasteiger partial charge in [-0.1, -0.05) is 31.2 Å². The van der Waals surface area contributed by atoms with Crippen LogP contribution in [0, 0.1) is 15.4 Å². The number of aromatic nitrogens is 2. The Morgan fingerprint density at radius 1 is 1.71 bits per heavy atom. The van der Waals surface area contributed by atoms with Gasteiger partial charge in [0.05, 0.1) is 3.57 Å². The highest BCUT2D eigenvalue weighted by atomic mass is 127. The smallest absolute Gasteiger partial charge is 0.319 e. The molecule has 1 aromatic heterocycles. The third-order valence-corrected chi connectivity index (χ3v) is 3.00. The Kier molecular flexibility index (Phi) is 4.32. The normalized spacial score (nSPS) is 8.93. The summed E-state index contributed by atoms with van der Waals surface area (Å²) in [4.78, 5) is 7.97. The number of anilines is 1. The number of rotatable bonds is 3. The molecule has 0 aliphatic heterocycles. The lowest BCUT2D eigenvalue weighted by molar-refractivity contribution is 0.340. The van der Waals surface area contributed by atoms with Gasteiger partial charge in [0.2, 0.25) is 0 Å². The van der Waals surface area contributed by atoms with Crippen molar-refractivity contribution < 1.29 is 4.74 Å². The number of nitrogen functional groups attached to an aromatic ring is 1. The number of nitrogens with two attached hydrogens (primary N) is 1. The topological polar surface area (TPSA) is 61.0 Å². The van der Waals surface area contributed by atoms with E-state index in [0.29, 0.717) is 5.82 Å². The first-order valence-electron chi connectivity index (χ1n) is 3.81. The van der Waals surface area contributed by atoms with E-state index in [-0.39, 0.29) is 33.3 Å². The zero-order chi connectivity index (χ0) is 10.4. The van der Waals surface area contributed by atoms with E-state index < -0.39 is 0 Å². The van der Waals surface area contributed by atoms with E-state index in [4.69, 9.17) is 10.5 Å². The number of hydrogen-bond acceptors (Lipinski definition) is 4. The van der Waals surface area contributed by atoms with Crippen molar-refractivity contribution >= 4 is 31.1 Å². The Labute approximate surface area is 92.6 Å². The van der Waals surface area contributed by atoms with Gasteiger partial charge in [-0.05, 0) is 6.92 Å². The molecule has 0 atom stereocenters. The minimum absolute atomic E-state index is 0.270. The van der Waals surface area contributed by atoms with E-state index in [9.17, 15) is 0 Å². The largest absolute Gasteiger partial charge is 0.450 e. The van der Waals surface area contributed by atoms with Crippen LogP contribution >= 0.6 is 20.7 Å². The van der Waals surface area contributed by atoms with Crippen molar-refractivity contribution in [3.63, 3.8) is 0 Å². The van der Waals surface area contributed by atoms with Gasteiger partial charge >= 0.3 is 6.01 Å². The molecule has 1 rings (SSSR count). The maximum absolute atomic E-state index is 5.66. The summed E-state index contributed by atoms with van der Waals surface area (Å²) in [6.45, 7) is 2.03. The first-order chi connectivity index (χ1) is 6.77. The molecule has 1 aromatic rings. The van der Waals surface area contributed by atoms with E-state index in [1.807, 2.05) is 0 Å². The van der Waals surface area contributed by atoms with Crippen LogP contribution in [0.3, 0.4) is 0 Å². The van der Waals surface area contributed by atoms with Gasteiger partial charge in [-0.2, -0.15) is 4.98 Å². The summed E-state index contributed by atoms with van der Waals surface area (Å²) in [6, 6.07) is 0.270. The lowest BCUT2D eigenvalue weighted by atomic mass is 10.6. The Bertz CT molecular complexity index is 395. The predicted octanol–water partition coefficient (Wildman–Crippen LogP) is 1.03. The van der Waals surface area contributed by atoms with Crippen LogP contribution in [-0.2, 0) is 0 Å². The molecule has 0 radical (unpaired) electrons. The minimum Gasteiger partial charge on any atom is -0.450 e. The Balaban J connectivity index is 2.74. The van der Waals surface area contributed by atoms with Gasteiger partial charge in [0.15, 0.2) is 6.61 Å². The summed E-state index contributed by atoms with van der Waals surface area (Å²) in [5.41, 5.74) is 5.66. The second kappa shape index (κ2) is 5.54. The van der Waals surface area contributed by atoms with E-state index in [1.165, 1.54) is 0 Å². The van der Waals surface area contributed by atoms with Crippen molar-refractivity contribution in [1.29, 1.82) is 0 Å². The zero-order valence-corrected chi connectivity index (χ0v) is 9.91. The first kappa shape index (κ1) is 10.9. The molecule has 2 N–H and O–H groups in total. The fourth-order valence-electron chi connectivity index (χ4n) is 0.709. The highest BCUT2D eigenvalue weighted by Crippen LogP contribution is 2.16. The third-order valence-electron chi connectivity index (χ3n) is 1.34. The van der Waals surface area contributed by atoms with E-state index in [0.717, 1.165) is 3.57 Å². The summed E-state index contributed by atoms with van der Waals surface area (Å²) in [5, 5.41) is 0. The lowest BCUT2D eigenvalue weighted by Crippen LogP contribution is -2.02.